The number of aryl methyl sites for hydroxylation is 1. The van der Waals surface area contributed by atoms with Crippen LogP contribution in [-0.4, -0.2) is 22.5 Å². The molecule has 0 saturated carbocycles. The molecule has 0 radical (unpaired) electrons. The van der Waals surface area contributed by atoms with E-state index in [1.165, 1.54) is 12.4 Å². The molecular formula is C20H19ClN4O2. The van der Waals surface area contributed by atoms with Crippen molar-refractivity contribution in [2.24, 2.45) is 0 Å². The largest absolute Gasteiger partial charge is 0.494 e. The van der Waals surface area contributed by atoms with Crippen LogP contribution in [0.25, 0.3) is 0 Å². The number of hydrogen-bond donors (Lipinski definition) is 2. The van der Waals surface area contributed by atoms with E-state index in [0.717, 1.165) is 17.0 Å². The van der Waals surface area contributed by atoms with Crippen LogP contribution in [0.4, 0.5) is 17.3 Å². The smallest absolute Gasteiger partial charge is 0.258 e. The Morgan fingerprint density at radius 3 is 2.37 bits per heavy atom. The number of amides is 1. The molecular weight excluding hydrogens is 364 g/mol. The van der Waals surface area contributed by atoms with Gasteiger partial charge in [-0.2, -0.15) is 0 Å². The minimum Gasteiger partial charge on any atom is -0.494 e. The number of anilines is 3. The van der Waals surface area contributed by atoms with Gasteiger partial charge in [0.05, 0.1) is 12.2 Å². The highest BCUT2D eigenvalue weighted by Gasteiger charge is 2.09. The van der Waals surface area contributed by atoms with Crippen LogP contribution in [0.15, 0.2) is 54.9 Å². The summed E-state index contributed by atoms with van der Waals surface area (Å²) < 4.78 is 5.40. The number of nitrogens with one attached hydrogen (secondary N) is 2. The molecule has 2 aromatic carbocycles. The van der Waals surface area contributed by atoms with Crippen molar-refractivity contribution in [3.63, 3.8) is 0 Å². The number of carbonyl (C=O) groups is 1. The summed E-state index contributed by atoms with van der Waals surface area (Å²) in [5.41, 5.74) is 2.74. The summed E-state index contributed by atoms with van der Waals surface area (Å²) in [5, 5.41) is 6.45. The molecule has 1 aromatic heterocycles. The Labute approximate surface area is 162 Å². The van der Waals surface area contributed by atoms with Crippen LogP contribution in [0.3, 0.4) is 0 Å². The molecule has 0 atom stereocenters. The van der Waals surface area contributed by atoms with Gasteiger partial charge in [0.1, 0.15) is 5.75 Å². The molecule has 0 aliphatic carbocycles. The van der Waals surface area contributed by atoms with Crippen LogP contribution in [0.2, 0.25) is 5.02 Å². The topological polar surface area (TPSA) is 76.1 Å². The number of aromatic nitrogens is 2. The average molecular weight is 383 g/mol. The SMILES string of the molecule is CCOc1ccc(Nc2ncc(C(=O)Nc3ccc(C)c(Cl)c3)cn2)cc1. The van der Waals surface area contributed by atoms with Crippen LogP contribution in [-0.2, 0) is 0 Å². The molecule has 1 heterocycles. The molecule has 3 rings (SSSR count). The molecule has 2 N–H and O–H groups in total. The minimum absolute atomic E-state index is 0.303. The maximum Gasteiger partial charge on any atom is 0.258 e. The van der Waals surface area contributed by atoms with Crippen molar-refractivity contribution in [2.75, 3.05) is 17.2 Å². The highest BCUT2D eigenvalue weighted by molar-refractivity contribution is 6.31. The second-order valence-corrected chi connectivity index (χ2v) is 6.20. The zero-order valence-electron chi connectivity index (χ0n) is 15.0. The summed E-state index contributed by atoms with van der Waals surface area (Å²) in [5.74, 6) is 0.892. The normalized spacial score (nSPS) is 10.3. The summed E-state index contributed by atoms with van der Waals surface area (Å²) in [7, 11) is 0. The second kappa shape index (κ2) is 8.51. The molecule has 3 aromatic rings. The fourth-order valence-electron chi connectivity index (χ4n) is 2.31. The lowest BCUT2D eigenvalue weighted by atomic mass is 10.2. The summed E-state index contributed by atoms with van der Waals surface area (Å²) >= 11 is 6.08. The molecule has 6 nitrogen and oxygen atoms in total. The third kappa shape index (κ3) is 4.95. The number of hydrogen-bond acceptors (Lipinski definition) is 5. The van der Waals surface area contributed by atoms with Gasteiger partial charge < -0.3 is 15.4 Å². The first kappa shape index (κ1) is 18.7. The summed E-state index contributed by atoms with van der Waals surface area (Å²) in [6.07, 6.45) is 2.93. The van der Waals surface area contributed by atoms with Crippen molar-refractivity contribution in [1.29, 1.82) is 0 Å². The quantitative estimate of drug-likeness (QED) is 0.638. The van der Waals surface area contributed by atoms with Gasteiger partial charge in [-0.05, 0) is 55.8 Å². The van der Waals surface area contributed by atoms with Crippen molar-refractivity contribution in [1.82, 2.24) is 9.97 Å². The van der Waals surface area contributed by atoms with Crippen LogP contribution in [0.1, 0.15) is 22.8 Å². The maximum atomic E-state index is 12.3. The van der Waals surface area contributed by atoms with Crippen LogP contribution in [0.5, 0.6) is 5.75 Å². The van der Waals surface area contributed by atoms with Gasteiger partial charge in [0.15, 0.2) is 0 Å². The van der Waals surface area contributed by atoms with Crippen LogP contribution in [0, 0.1) is 6.92 Å². The maximum absolute atomic E-state index is 12.3. The highest BCUT2D eigenvalue weighted by atomic mass is 35.5. The number of benzene rings is 2. The standard InChI is InChI=1S/C20H19ClN4O2/c1-3-27-17-8-6-15(7-9-17)25-20-22-11-14(12-23-20)19(26)24-16-5-4-13(2)18(21)10-16/h4-12H,3H2,1-2H3,(H,24,26)(H,22,23,25). The van der Waals surface area contributed by atoms with Crippen LogP contribution < -0.4 is 15.4 Å². The molecule has 0 fully saturated rings. The fraction of sp³-hybridized carbons (Fsp3) is 0.150. The predicted octanol–water partition coefficient (Wildman–Crippen LogP) is 4.83. The summed E-state index contributed by atoms with van der Waals surface area (Å²) in [6.45, 7) is 4.46. The van der Waals surface area contributed by atoms with Gasteiger partial charge in [-0.25, -0.2) is 9.97 Å². The molecule has 7 heteroatoms. The van der Waals surface area contributed by atoms with E-state index in [0.29, 0.717) is 28.8 Å². The van der Waals surface area contributed by atoms with E-state index in [9.17, 15) is 4.79 Å². The first-order valence-corrected chi connectivity index (χ1v) is 8.82. The molecule has 0 spiro atoms. The molecule has 138 valence electrons. The Hall–Kier alpha value is -3.12. The van der Waals surface area contributed by atoms with Gasteiger partial charge in [-0.3, -0.25) is 4.79 Å². The fourth-order valence-corrected chi connectivity index (χ4v) is 2.49. The van der Waals surface area contributed by atoms with E-state index < -0.39 is 0 Å². The lowest BCUT2D eigenvalue weighted by Gasteiger charge is -2.08. The van der Waals surface area contributed by atoms with E-state index in [2.05, 4.69) is 20.6 Å². The Bertz CT molecular complexity index is 928. The predicted molar refractivity (Wildman–Crippen MR) is 107 cm³/mol. The third-order valence-corrected chi connectivity index (χ3v) is 4.17. The Kier molecular flexibility index (Phi) is 5.88. The van der Waals surface area contributed by atoms with Gasteiger partial charge in [0.2, 0.25) is 5.95 Å². The molecule has 0 bridgehead atoms. The first-order valence-electron chi connectivity index (χ1n) is 8.44. The second-order valence-electron chi connectivity index (χ2n) is 5.80. The van der Waals surface area contributed by atoms with Gasteiger partial charge in [0, 0.05) is 28.8 Å². The van der Waals surface area contributed by atoms with Gasteiger partial charge >= 0.3 is 0 Å². The van der Waals surface area contributed by atoms with Crippen LogP contribution >= 0.6 is 11.6 Å². The van der Waals surface area contributed by atoms with Gasteiger partial charge in [-0.1, -0.05) is 17.7 Å². The summed E-state index contributed by atoms with van der Waals surface area (Å²) in [6, 6.07) is 12.8. The number of carbonyl (C=O) groups excluding carboxylic acids is 1. The zero-order chi connectivity index (χ0) is 19.2. The number of nitrogens with zero attached hydrogens (tertiary/aromatic N) is 2. The molecule has 0 aliphatic heterocycles. The lowest BCUT2D eigenvalue weighted by Crippen LogP contribution is -2.13. The summed E-state index contributed by atoms with van der Waals surface area (Å²) in [4.78, 5) is 20.7. The van der Waals surface area contributed by atoms with E-state index in [1.807, 2.05) is 44.2 Å². The Balaban J connectivity index is 1.63. The van der Waals surface area contributed by atoms with Gasteiger partial charge in [0.25, 0.3) is 5.91 Å². The highest BCUT2D eigenvalue weighted by Crippen LogP contribution is 2.21. The van der Waals surface area contributed by atoms with Gasteiger partial charge in [-0.15, -0.1) is 0 Å². The van der Waals surface area contributed by atoms with E-state index >= 15 is 0 Å². The van der Waals surface area contributed by atoms with E-state index in [4.69, 9.17) is 16.3 Å². The number of rotatable bonds is 6. The Morgan fingerprint density at radius 1 is 1.07 bits per heavy atom. The van der Waals surface area contributed by atoms with Crippen molar-refractivity contribution in [2.45, 2.75) is 13.8 Å². The molecule has 0 saturated heterocycles. The number of ether oxygens (including phenoxy) is 1. The molecule has 27 heavy (non-hydrogen) atoms. The van der Waals surface area contributed by atoms with Crippen molar-refractivity contribution in [3.05, 3.63) is 71.0 Å². The lowest BCUT2D eigenvalue weighted by molar-refractivity contribution is 0.102. The van der Waals surface area contributed by atoms with E-state index in [1.54, 1.807) is 12.1 Å². The molecule has 0 aliphatic rings. The van der Waals surface area contributed by atoms with Crippen molar-refractivity contribution >= 4 is 34.8 Å². The van der Waals surface area contributed by atoms with Crippen molar-refractivity contribution < 1.29 is 9.53 Å². The third-order valence-electron chi connectivity index (χ3n) is 3.77. The zero-order valence-corrected chi connectivity index (χ0v) is 15.7. The first-order chi connectivity index (χ1) is 13.0. The van der Waals surface area contributed by atoms with Crippen molar-refractivity contribution in [3.8, 4) is 5.75 Å². The average Bonchev–Trinajstić information content (AvgIpc) is 2.67. The number of halogens is 1. The molecule has 1 amide bonds. The molecule has 0 unspecified atom stereocenters. The Morgan fingerprint density at radius 2 is 1.74 bits per heavy atom. The monoisotopic (exact) mass is 382 g/mol. The van der Waals surface area contributed by atoms with E-state index in [-0.39, 0.29) is 5.91 Å². The minimum atomic E-state index is -0.303.